The number of nitrogens with zero attached hydrogens (tertiary/aromatic N) is 4. The molecule has 1 saturated heterocycles. The molecule has 0 aromatic heterocycles. The molecule has 0 radical (unpaired) electrons. The van der Waals surface area contributed by atoms with Crippen LogP contribution < -0.4 is 10.1 Å². The number of halogens is 3. The van der Waals surface area contributed by atoms with Gasteiger partial charge in [0.05, 0.1) is 6.54 Å². The smallest absolute Gasteiger partial charge is 0.403 e. The molecule has 1 aromatic carbocycles. The van der Waals surface area contributed by atoms with Gasteiger partial charge in [-0.1, -0.05) is 18.2 Å². The maximum atomic E-state index is 13.0. The lowest BCUT2D eigenvalue weighted by Crippen LogP contribution is -2.56. The molecule has 0 spiro atoms. The number of alkyl halides is 3. The average Bonchev–Trinajstić information content (AvgIpc) is 2.70. The molecule has 1 aromatic rings. The Labute approximate surface area is 177 Å². The molecule has 0 aliphatic carbocycles. The first-order valence-corrected chi connectivity index (χ1v) is 10.4. The van der Waals surface area contributed by atoms with Crippen LogP contribution in [-0.4, -0.2) is 92.8 Å². The van der Waals surface area contributed by atoms with Crippen LogP contribution in [0.4, 0.5) is 13.2 Å². The van der Waals surface area contributed by atoms with Gasteiger partial charge in [-0.3, -0.25) is 4.90 Å². The summed E-state index contributed by atoms with van der Waals surface area (Å²) < 4.78 is 44.8. The van der Waals surface area contributed by atoms with Crippen LogP contribution in [0.3, 0.4) is 0 Å². The molecule has 9 heteroatoms. The third-order valence-corrected chi connectivity index (χ3v) is 5.14. The Morgan fingerprint density at radius 3 is 2.47 bits per heavy atom. The molecule has 1 atom stereocenters. The molecule has 0 bridgehead atoms. The van der Waals surface area contributed by atoms with E-state index in [1.807, 2.05) is 50.2 Å². The summed E-state index contributed by atoms with van der Waals surface area (Å²) in [4.78, 5) is 10.3. The number of likely N-dealkylation sites (N-methyl/N-ethyl adjacent to an activating group) is 1. The second-order valence-corrected chi connectivity index (χ2v) is 7.67. The van der Waals surface area contributed by atoms with E-state index < -0.39 is 12.2 Å². The molecule has 170 valence electrons. The Kier molecular flexibility index (Phi) is 9.23. The summed E-state index contributed by atoms with van der Waals surface area (Å²) in [6.07, 6.45) is -4.20. The number of benzene rings is 1. The molecule has 2 rings (SSSR count). The molecule has 1 fully saturated rings. The fourth-order valence-electron chi connectivity index (χ4n) is 3.23. The van der Waals surface area contributed by atoms with Crippen molar-refractivity contribution in [1.29, 1.82) is 0 Å². The summed E-state index contributed by atoms with van der Waals surface area (Å²) in [5.41, 5.74) is 0.982. The molecule has 1 heterocycles. The van der Waals surface area contributed by atoms with E-state index in [0.29, 0.717) is 45.9 Å². The highest BCUT2D eigenvalue weighted by atomic mass is 19.4. The lowest BCUT2D eigenvalue weighted by atomic mass is 10.2. The van der Waals surface area contributed by atoms with E-state index in [0.717, 1.165) is 23.8 Å². The number of aliphatic imine (C=N–C) groups is 1. The quantitative estimate of drug-likeness (QED) is 0.509. The highest BCUT2D eigenvalue weighted by Crippen LogP contribution is 2.25. The Morgan fingerprint density at radius 2 is 1.87 bits per heavy atom. The van der Waals surface area contributed by atoms with Gasteiger partial charge in [-0.25, -0.2) is 4.99 Å². The van der Waals surface area contributed by atoms with E-state index in [-0.39, 0.29) is 0 Å². The lowest BCUT2D eigenvalue weighted by molar-refractivity contribution is -0.181. The Hall–Kier alpha value is -2.00. The SMILES string of the molecule is CCNC(=NCc1ccccc1OCCN(C)C)N1CCN(C(C)C(F)(F)F)CC1. The molecular weight excluding hydrogens is 395 g/mol. The van der Waals surface area contributed by atoms with Gasteiger partial charge in [0.15, 0.2) is 5.96 Å². The molecule has 1 aliphatic heterocycles. The van der Waals surface area contributed by atoms with Crippen LogP contribution in [0.2, 0.25) is 0 Å². The molecule has 30 heavy (non-hydrogen) atoms. The standard InChI is InChI=1S/C21H34F3N5O/c1-5-25-20(29-12-10-28(11-13-29)17(2)21(22,23)24)26-16-18-8-6-7-9-19(18)30-15-14-27(3)4/h6-9,17H,5,10-16H2,1-4H3,(H,25,26). The summed E-state index contributed by atoms with van der Waals surface area (Å²) in [5, 5.41) is 3.26. The predicted octanol–water partition coefficient (Wildman–Crippen LogP) is 2.66. The topological polar surface area (TPSA) is 43.3 Å². The maximum Gasteiger partial charge on any atom is 0.403 e. The first-order valence-electron chi connectivity index (χ1n) is 10.4. The van der Waals surface area contributed by atoms with Gasteiger partial charge in [-0.2, -0.15) is 13.2 Å². The molecule has 6 nitrogen and oxygen atoms in total. The Bertz CT molecular complexity index is 673. The van der Waals surface area contributed by atoms with Crippen LogP contribution in [0.1, 0.15) is 19.4 Å². The normalized spacial score (nSPS) is 17.3. The van der Waals surface area contributed by atoms with Crippen molar-refractivity contribution in [3.05, 3.63) is 29.8 Å². The van der Waals surface area contributed by atoms with E-state index in [9.17, 15) is 13.2 Å². The van der Waals surface area contributed by atoms with Crippen LogP contribution in [0.25, 0.3) is 0 Å². The van der Waals surface area contributed by atoms with Crippen molar-refractivity contribution in [1.82, 2.24) is 20.0 Å². The van der Waals surface area contributed by atoms with Crippen molar-refractivity contribution in [3.8, 4) is 5.75 Å². The van der Waals surface area contributed by atoms with Crippen LogP contribution >= 0.6 is 0 Å². The summed E-state index contributed by atoms with van der Waals surface area (Å²) in [5.74, 6) is 1.53. The molecule has 1 aliphatic rings. The number of hydrogen-bond acceptors (Lipinski definition) is 4. The van der Waals surface area contributed by atoms with E-state index in [1.165, 1.54) is 11.8 Å². The van der Waals surface area contributed by atoms with Gasteiger partial charge in [0, 0.05) is 44.8 Å². The van der Waals surface area contributed by atoms with Crippen molar-refractivity contribution in [2.45, 2.75) is 32.6 Å². The molecule has 0 amide bonds. The lowest BCUT2D eigenvalue weighted by Gasteiger charge is -2.39. The van der Waals surface area contributed by atoms with E-state index >= 15 is 0 Å². The Morgan fingerprint density at radius 1 is 1.20 bits per heavy atom. The number of rotatable bonds is 8. The zero-order valence-corrected chi connectivity index (χ0v) is 18.4. The van der Waals surface area contributed by atoms with E-state index in [4.69, 9.17) is 9.73 Å². The van der Waals surface area contributed by atoms with Crippen LogP contribution in [0.5, 0.6) is 5.75 Å². The van der Waals surface area contributed by atoms with Crippen molar-refractivity contribution in [3.63, 3.8) is 0 Å². The first-order chi connectivity index (χ1) is 14.2. The van der Waals surface area contributed by atoms with E-state index in [2.05, 4.69) is 10.2 Å². The van der Waals surface area contributed by atoms with Crippen molar-refractivity contribution in [2.75, 3.05) is 60.0 Å². The number of piperazine rings is 1. The summed E-state index contributed by atoms with van der Waals surface area (Å²) in [6.45, 7) is 7.48. The molecular formula is C21H34F3N5O. The zero-order valence-electron chi connectivity index (χ0n) is 18.4. The Balaban J connectivity index is 2.00. The fraction of sp³-hybridized carbons (Fsp3) is 0.667. The minimum absolute atomic E-state index is 0.356. The van der Waals surface area contributed by atoms with Gasteiger partial charge in [0.25, 0.3) is 0 Å². The van der Waals surface area contributed by atoms with Crippen LogP contribution in [-0.2, 0) is 6.54 Å². The van der Waals surface area contributed by atoms with Gasteiger partial charge in [0.1, 0.15) is 18.4 Å². The number of ether oxygens (including phenoxy) is 1. The summed E-state index contributed by atoms with van der Waals surface area (Å²) in [6, 6.07) is 6.38. The minimum atomic E-state index is -4.20. The molecule has 1 unspecified atom stereocenters. The number of para-hydroxylation sites is 1. The van der Waals surface area contributed by atoms with Crippen LogP contribution in [0, 0.1) is 0 Å². The number of nitrogens with one attached hydrogen (secondary N) is 1. The third-order valence-electron chi connectivity index (χ3n) is 5.14. The maximum absolute atomic E-state index is 13.0. The van der Waals surface area contributed by atoms with Crippen molar-refractivity contribution >= 4 is 5.96 Å². The fourth-order valence-corrected chi connectivity index (χ4v) is 3.23. The first kappa shape index (κ1) is 24.3. The van der Waals surface area contributed by atoms with Gasteiger partial charge in [0.2, 0.25) is 0 Å². The highest BCUT2D eigenvalue weighted by Gasteiger charge is 2.41. The largest absolute Gasteiger partial charge is 0.492 e. The average molecular weight is 430 g/mol. The number of guanidine groups is 1. The van der Waals surface area contributed by atoms with Gasteiger partial charge >= 0.3 is 6.18 Å². The van der Waals surface area contributed by atoms with Gasteiger partial charge in [-0.05, 0) is 34.0 Å². The highest BCUT2D eigenvalue weighted by molar-refractivity contribution is 5.80. The zero-order chi connectivity index (χ0) is 22.1. The molecule has 0 saturated carbocycles. The van der Waals surface area contributed by atoms with Gasteiger partial charge < -0.3 is 19.9 Å². The predicted molar refractivity (Wildman–Crippen MR) is 114 cm³/mol. The monoisotopic (exact) mass is 429 g/mol. The summed E-state index contributed by atoms with van der Waals surface area (Å²) in [7, 11) is 3.99. The van der Waals surface area contributed by atoms with Crippen molar-refractivity contribution < 1.29 is 17.9 Å². The van der Waals surface area contributed by atoms with Crippen molar-refractivity contribution in [2.24, 2.45) is 4.99 Å². The molecule has 1 N–H and O–H groups in total. The summed E-state index contributed by atoms with van der Waals surface area (Å²) >= 11 is 0. The number of hydrogen-bond donors (Lipinski definition) is 1. The second-order valence-electron chi connectivity index (χ2n) is 7.67. The van der Waals surface area contributed by atoms with Gasteiger partial charge in [-0.15, -0.1) is 0 Å². The minimum Gasteiger partial charge on any atom is -0.492 e. The third kappa shape index (κ3) is 7.36. The van der Waals surface area contributed by atoms with Crippen LogP contribution in [0.15, 0.2) is 29.3 Å². The second kappa shape index (κ2) is 11.4. The van der Waals surface area contributed by atoms with E-state index in [1.54, 1.807) is 0 Å².